The Kier molecular flexibility index (Phi) is 10.9. The largest absolute Gasteiger partial charge is 0.491 e. The normalized spacial score (nSPS) is 12.1. The Morgan fingerprint density at radius 1 is 0.837 bits per heavy atom. The summed E-state index contributed by atoms with van der Waals surface area (Å²) in [5.41, 5.74) is 7.48. The van der Waals surface area contributed by atoms with Crippen molar-refractivity contribution < 1.29 is 33.7 Å². The van der Waals surface area contributed by atoms with Crippen LogP contribution in [0.2, 0.25) is 0 Å². The SMILES string of the molecule is Nc1ccccc1NC(=O)/C=C/[C@H](Oc1ccccc1)[C@@H](OC(=O)NC(=O)c1ccccc1)c1cccc(OCCO)c1. The summed E-state index contributed by atoms with van der Waals surface area (Å²) in [4.78, 5) is 38.6. The maximum absolute atomic E-state index is 13.0. The third-order valence-electron chi connectivity index (χ3n) is 6.00. The molecule has 10 heteroatoms. The fraction of sp³-hybridized carbons (Fsp3) is 0.121. The molecule has 10 nitrogen and oxygen atoms in total. The van der Waals surface area contributed by atoms with Gasteiger partial charge in [0.1, 0.15) is 18.1 Å². The van der Waals surface area contributed by atoms with Gasteiger partial charge in [-0.15, -0.1) is 0 Å². The van der Waals surface area contributed by atoms with Gasteiger partial charge < -0.3 is 30.4 Å². The van der Waals surface area contributed by atoms with Gasteiger partial charge in [0.05, 0.1) is 18.0 Å². The molecule has 0 aromatic heterocycles. The summed E-state index contributed by atoms with van der Waals surface area (Å²) < 4.78 is 17.5. The Labute approximate surface area is 248 Å². The number of aliphatic hydroxyl groups excluding tert-OH is 1. The number of hydrogen-bond donors (Lipinski definition) is 4. The molecule has 0 heterocycles. The van der Waals surface area contributed by atoms with Crippen LogP contribution in [0.1, 0.15) is 22.0 Å². The number of nitrogens with two attached hydrogens (primary N) is 1. The summed E-state index contributed by atoms with van der Waals surface area (Å²) in [6, 6.07) is 30.4. The van der Waals surface area contributed by atoms with Crippen molar-refractivity contribution in [2.75, 3.05) is 24.3 Å². The van der Waals surface area contributed by atoms with E-state index in [1.54, 1.807) is 103 Å². The topological polar surface area (TPSA) is 149 Å². The lowest BCUT2D eigenvalue weighted by molar-refractivity contribution is -0.112. The smallest absolute Gasteiger partial charge is 0.414 e. The van der Waals surface area contributed by atoms with E-state index >= 15 is 0 Å². The first-order chi connectivity index (χ1) is 20.9. The van der Waals surface area contributed by atoms with Crippen LogP contribution in [0.15, 0.2) is 121 Å². The maximum atomic E-state index is 13.0. The number of carbonyl (C=O) groups is 3. The van der Waals surface area contributed by atoms with E-state index < -0.39 is 30.1 Å². The van der Waals surface area contributed by atoms with E-state index in [-0.39, 0.29) is 18.8 Å². The van der Waals surface area contributed by atoms with Crippen molar-refractivity contribution in [3.8, 4) is 11.5 Å². The fourth-order valence-corrected chi connectivity index (χ4v) is 3.99. The van der Waals surface area contributed by atoms with E-state index in [0.717, 1.165) is 0 Å². The number of benzene rings is 4. The quantitative estimate of drug-likeness (QED) is 0.137. The number of nitrogens with one attached hydrogen (secondary N) is 2. The van der Waals surface area contributed by atoms with E-state index in [1.165, 1.54) is 12.2 Å². The highest BCUT2D eigenvalue weighted by molar-refractivity contribution is 6.03. The van der Waals surface area contributed by atoms with Gasteiger partial charge in [0, 0.05) is 17.2 Å². The predicted octanol–water partition coefficient (Wildman–Crippen LogP) is 4.89. The molecule has 5 N–H and O–H groups in total. The van der Waals surface area contributed by atoms with E-state index in [4.69, 9.17) is 19.9 Å². The molecule has 0 spiro atoms. The van der Waals surface area contributed by atoms with E-state index in [0.29, 0.717) is 28.4 Å². The van der Waals surface area contributed by atoms with Crippen LogP contribution in [0.3, 0.4) is 0 Å². The molecule has 0 aliphatic heterocycles. The average Bonchev–Trinajstić information content (AvgIpc) is 3.03. The van der Waals surface area contributed by atoms with Crippen LogP contribution in [0, 0.1) is 0 Å². The van der Waals surface area contributed by atoms with Crippen molar-refractivity contribution in [2.45, 2.75) is 12.2 Å². The first-order valence-electron chi connectivity index (χ1n) is 13.4. The third kappa shape index (κ3) is 9.20. The molecule has 0 aliphatic carbocycles. The number of rotatable bonds is 12. The number of para-hydroxylation sites is 3. The van der Waals surface area contributed by atoms with Crippen molar-refractivity contribution in [3.63, 3.8) is 0 Å². The van der Waals surface area contributed by atoms with Crippen molar-refractivity contribution in [3.05, 3.63) is 132 Å². The lowest BCUT2D eigenvalue weighted by Gasteiger charge is -2.26. The molecule has 0 aliphatic rings. The molecule has 4 aromatic carbocycles. The number of alkyl carbamates (subject to hydrolysis) is 1. The highest BCUT2D eigenvalue weighted by Gasteiger charge is 2.29. The Hall–Kier alpha value is -5.61. The van der Waals surface area contributed by atoms with Crippen LogP contribution in [-0.4, -0.2) is 42.3 Å². The molecular weight excluding hydrogens is 550 g/mol. The predicted molar refractivity (Wildman–Crippen MR) is 162 cm³/mol. The summed E-state index contributed by atoms with van der Waals surface area (Å²) >= 11 is 0. The lowest BCUT2D eigenvalue weighted by atomic mass is 10.0. The van der Waals surface area contributed by atoms with Crippen molar-refractivity contribution in [1.82, 2.24) is 5.32 Å². The van der Waals surface area contributed by atoms with Crippen LogP contribution in [0.5, 0.6) is 11.5 Å². The van der Waals surface area contributed by atoms with Gasteiger partial charge >= 0.3 is 6.09 Å². The Morgan fingerprint density at radius 2 is 1.51 bits per heavy atom. The van der Waals surface area contributed by atoms with Gasteiger partial charge in [-0.2, -0.15) is 0 Å². The second kappa shape index (κ2) is 15.4. The molecule has 3 amide bonds. The number of aliphatic hydroxyl groups is 1. The zero-order valence-electron chi connectivity index (χ0n) is 23.1. The van der Waals surface area contributed by atoms with Crippen LogP contribution in [0.4, 0.5) is 16.2 Å². The molecule has 2 atom stereocenters. The molecule has 4 rings (SSSR count). The number of carbonyl (C=O) groups excluding carboxylic acids is 3. The Bertz CT molecular complexity index is 1540. The number of hydrogen-bond acceptors (Lipinski definition) is 8. The molecular formula is C33H31N3O7. The summed E-state index contributed by atoms with van der Waals surface area (Å²) in [7, 11) is 0. The third-order valence-corrected chi connectivity index (χ3v) is 6.00. The van der Waals surface area contributed by atoms with Gasteiger partial charge in [0.2, 0.25) is 5.91 Å². The number of anilines is 2. The molecule has 0 fully saturated rings. The van der Waals surface area contributed by atoms with Crippen molar-refractivity contribution in [1.29, 1.82) is 0 Å². The van der Waals surface area contributed by atoms with E-state index in [9.17, 15) is 19.5 Å². The maximum Gasteiger partial charge on any atom is 0.414 e. The van der Waals surface area contributed by atoms with Crippen LogP contribution in [-0.2, 0) is 9.53 Å². The lowest BCUT2D eigenvalue weighted by Crippen LogP contribution is -2.36. The minimum atomic E-state index is -1.16. The average molecular weight is 582 g/mol. The zero-order chi connectivity index (χ0) is 30.4. The molecule has 0 saturated heterocycles. The minimum Gasteiger partial charge on any atom is -0.491 e. The molecule has 0 radical (unpaired) electrons. The van der Waals surface area contributed by atoms with Crippen LogP contribution < -0.4 is 25.8 Å². The zero-order valence-corrected chi connectivity index (χ0v) is 23.1. The van der Waals surface area contributed by atoms with Gasteiger partial charge in [0.15, 0.2) is 12.2 Å². The number of amides is 3. The number of nitrogen functional groups attached to an aromatic ring is 1. The van der Waals surface area contributed by atoms with Crippen molar-refractivity contribution >= 4 is 29.3 Å². The second-order valence-electron chi connectivity index (χ2n) is 9.12. The molecule has 0 saturated carbocycles. The standard InChI is InChI=1S/C33H31N3O7/c34-27-16-7-8-17-28(27)35-30(38)19-18-29(42-25-13-5-2-6-14-25)31(24-12-9-15-26(22-24)41-21-20-37)43-33(40)36-32(39)23-10-3-1-4-11-23/h1-19,22,29,31,37H,20-21,34H2,(H,35,38)(H,36,39,40)/b19-18+/t29-,31-/m0/s1. The van der Waals surface area contributed by atoms with Gasteiger partial charge in [-0.3, -0.25) is 14.9 Å². The Morgan fingerprint density at radius 3 is 2.23 bits per heavy atom. The molecule has 4 aromatic rings. The monoisotopic (exact) mass is 581 g/mol. The van der Waals surface area contributed by atoms with E-state index in [2.05, 4.69) is 10.6 Å². The highest BCUT2D eigenvalue weighted by Crippen LogP contribution is 2.29. The Balaban J connectivity index is 1.65. The van der Waals surface area contributed by atoms with Gasteiger partial charge in [0.25, 0.3) is 5.91 Å². The second-order valence-corrected chi connectivity index (χ2v) is 9.12. The van der Waals surface area contributed by atoms with Crippen molar-refractivity contribution in [2.24, 2.45) is 0 Å². The molecule has 43 heavy (non-hydrogen) atoms. The summed E-state index contributed by atoms with van der Waals surface area (Å²) in [6.45, 7) is -0.147. The van der Waals surface area contributed by atoms with Gasteiger partial charge in [-0.05, 0) is 54.6 Å². The molecule has 0 bridgehead atoms. The number of imide groups is 1. The fourth-order valence-electron chi connectivity index (χ4n) is 3.99. The summed E-state index contributed by atoms with van der Waals surface area (Å²) in [6.07, 6.45) is -0.550. The first-order valence-corrected chi connectivity index (χ1v) is 13.4. The number of ether oxygens (including phenoxy) is 3. The van der Waals surface area contributed by atoms with Crippen LogP contribution in [0.25, 0.3) is 0 Å². The minimum absolute atomic E-state index is 0.0493. The first kappa shape index (κ1) is 30.4. The highest BCUT2D eigenvalue weighted by atomic mass is 16.6. The van der Waals surface area contributed by atoms with Gasteiger partial charge in [-0.25, -0.2) is 4.79 Å². The van der Waals surface area contributed by atoms with Crippen LogP contribution >= 0.6 is 0 Å². The summed E-state index contributed by atoms with van der Waals surface area (Å²) in [5, 5.41) is 14.1. The van der Waals surface area contributed by atoms with E-state index in [1.807, 2.05) is 6.07 Å². The summed E-state index contributed by atoms with van der Waals surface area (Å²) in [5.74, 6) is -0.310. The van der Waals surface area contributed by atoms with Gasteiger partial charge in [-0.1, -0.05) is 60.7 Å². The molecule has 0 unspecified atom stereocenters. The molecule has 220 valence electrons.